The quantitative estimate of drug-likeness (QED) is 0.348. The molecule has 25 heavy (non-hydrogen) atoms. The Bertz CT molecular complexity index is 632. The second-order valence-corrected chi connectivity index (χ2v) is 5.28. The molecule has 5 heteroatoms. The summed E-state index contributed by atoms with van der Waals surface area (Å²) in [5.41, 5.74) is 14.7. The third-order valence-electron chi connectivity index (χ3n) is 3.29. The summed E-state index contributed by atoms with van der Waals surface area (Å²) in [6, 6.07) is 13.0. The van der Waals surface area contributed by atoms with E-state index in [-0.39, 0.29) is 11.8 Å². The number of hydrogen-bond donors (Lipinski definition) is 4. The van der Waals surface area contributed by atoms with Gasteiger partial charge in [-0.2, -0.15) is 0 Å². The number of aryl methyl sites for hydroxylation is 1. The molecule has 0 aromatic heterocycles. The van der Waals surface area contributed by atoms with E-state index in [1.54, 1.807) is 12.1 Å². The molecule has 0 bridgehead atoms. The first-order chi connectivity index (χ1) is 12.0. The van der Waals surface area contributed by atoms with Crippen LogP contribution in [-0.2, 0) is 6.42 Å². The van der Waals surface area contributed by atoms with Crippen molar-refractivity contribution >= 4 is 17.3 Å². The van der Waals surface area contributed by atoms with Gasteiger partial charge in [-0.05, 0) is 42.8 Å². The number of nitrogen functional groups attached to an aromatic ring is 1. The Labute approximate surface area is 156 Å². The number of phenolic OH excluding ortho intramolecular Hbond substituents is 1. The van der Waals surface area contributed by atoms with Gasteiger partial charge in [-0.25, -0.2) is 5.43 Å². The number of anilines is 1. The minimum absolute atomic E-state index is 0.0474. The predicted molar refractivity (Wildman–Crippen MR) is 110 cm³/mol. The van der Waals surface area contributed by atoms with Crippen molar-refractivity contribution in [2.45, 2.75) is 33.2 Å². The number of halogens is 1. The van der Waals surface area contributed by atoms with Gasteiger partial charge in [-0.1, -0.05) is 62.7 Å². The Morgan fingerprint density at radius 2 is 1.88 bits per heavy atom. The summed E-state index contributed by atoms with van der Waals surface area (Å²) in [6.07, 6.45) is 2.75. The fourth-order valence-corrected chi connectivity index (χ4v) is 2.19. The second kappa shape index (κ2) is 13.3. The molecule has 138 valence electrons. The van der Waals surface area contributed by atoms with E-state index in [0.29, 0.717) is 5.02 Å². The van der Waals surface area contributed by atoms with Gasteiger partial charge in [0.2, 0.25) is 0 Å². The number of rotatable bonds is 5. The number of nitrogens with one attached hydrogen (secondary N) is 2. The van der Waals surface area contributed by atoms with E-state index in [0.717, 1.165) is 23.2 Å². The van der Waals surface area contributed by atoms with E-state index in [2.05, 4.69) is 17.4 Å². The summed E-state index contributed by atoms with van der Waals surface area (Å²) in [4.78, 5) is 0. The van der Waals surface area contributed by atoms with Gasteiger partial charge in [0.05, 0.1) is 11.1 Å². The summed E-state index contributed by atoms with van der Waals surface area (Å²) in [7, 11) is 1.82. The molecule has 0 aliphatic carbocycles. The zero-order valence-corrected chi connectivity index (χ0v) is 16.3. The van der Waals surface area contributed by atoms with E-state index >= 15 is 0 Å². The molecule has 0 fully saturated rings. The summed E-state index contributed by atoms with van der Waals surface area (Å²) in [6.45, 7) is 9.78. The normalized spacial score (nSPS) is 10.6. The first-order valence-corrected chi connectivity index (χ1v) is 8.77. The maximum atomic E-state index is 9.01. The minimum atomic E-state index is 0.0474. The number of para-hydroxylation sites is 1. The predicted octanol–water partition coefficient (Wildman–Crippen LogP) is 4.85. The molecule has 5 N–H and O–H groups in total. The number of benzene rings is 2. The standard InChI is InChI=1S/C10H15N3.C8H9ClO.C2H6/c1-3-10(13-12-2)8-6-4-5-7-9(8)11;1-2-6-3-4-8(10)7(9)5-6;1-2/h3-7,10,12-13H,1,11H2,2H3;3-5,10H,2H2,1H3;1-2H3. The smallest absolute Gasteiger partial charge is 0.134 e. The van der Waals surface area contributed by atoms with Crippen molar-refractivity contribution in [3.05, 3.63) is 71.3 Å². The Morgan fingerprint density at radius 1 is 1.24 bits per heavy atom. The Hall–Kier alpha value is -2.01. The van der Waals surface area contributed by atoms with Crippen LogP contribution in [-0.4, -0.2) is 12.2 Å². The third-order valence-corrected chi connectivity index (χ3v) is 3.59. The van der Waals surface area contributed by atoms with Crippen molar-refractivity contribution in [3.8, 4) is 5.75 Å². The van der Waals surface area contributed by atoms with E-state index in [1.807, 2.05) is 64.2 Å². The lowest BCUT2D eigenvalue weighted by Crippen LogP contribution is -2.31. The van der Waals surface area contributed by atoms with E-state index < -0.39 is 0 Å². The van der Waals surface area contributed by atoms with Crippen LogP contribution in [0.5, 0.6) is 5.75 Å². The Kier molecular flexibility index (Phi) is 12.2. The van der Waals surface area contributed by atoms with Crippen molar-refractivity contribution in [2.75, 3.05) is 12.8 Å². The van der Waals surface area contributed by atoms with Crippen LogP contribution in [0, 0.1) is 0 Å². The van der Waals surface area contributed by atoms with E-state index in [1.165, 1.54) is 0 Å². The summed E-state index contributed by atoms with van der Waals surface area (Å²) in [5, 5.41) is 9.44. The zero-order chi connectivity index (χ0) is 19.2. The van der Waals surface area contributed by atoms with Gasteiger partial charge in [0.25, 0.3) is 0 Å². The lowest BCUT2D eigenvalue weighted by molar-refractivity contribution is 0.475. The van der Waals surface area contributed by atoms with Crippen molar-refractivity contribution in [3.63, 3.8) is 0 Å². The molecule has 0 heterocycles. The van der Waals surface area contributed by atoms with Crippen molar-refractivity contribution in [1.82, 2.24) is 10.9 Å². The minimum Gasteiger partial charge on any atom is -0.506 e. The van der Waals surface area contributed by atoms with Crippen molar-refractivity contribution in [1.29, 1.82) is 0 Å². The highest BCUT2D eigenvalue weighted by Gasteiger charge is 2.07. The van der Waals surface area contributed by atoms with Crippen LogP contribution < -0.4 is 16.6 Å². The van der Waals surface area contributed by atoms with Crippen LogP contribution in [0.15, 0.2) is 55.1 Å². The topological polar surface area (TPSA) is 70.3 Å². The van der Waals surface area contributed by atoms with Crippen LogP contribution in [0.2, 0.25) is 5.02 Å². The molecule has 0 saturated heterocycles. The highest BCUT2D eigenvalue weighted by atomic mass is 35.5. The van der Waals surface area contributed by atoms with Crippen LogP contribution in [0.1, 0.15) is 37.9 Å². The number of nitrogens with two attached hydrogens (primary N) is 1. The van der Waals surface area contributed by atoms with Crippen LogP contribution in [0.25, 0.3) is 0 Å². The van der Waals surface area contributed by atoms with Gasteiger partial charge in [-0.15, -0.1) is 6.58 Å². The first-order valence-electron chi connectivity index (χ1n) is 8.40. The molecule has 0 saturated carbocycles. The molecule has 0 spiro atoms. The van der Waals surface area contributed by atoms with Gasteiger partial charge >= 0.3 is 0 Å². The summed E-state index contributed by atoms with van der Waals surface area (Å²) < 4.78 is 0. The average Bonchev–Trinajstić information content (AvgIpc) is 2.65. The Balaban J connectivity index is 0.000000430. The van der Waals surface area contributed by atoms with E-state index in [4.69, 9.17) is 22.4 Å². The van der Waals surface area contributed by atoms with Gasteiger partial charge in [-0.3, -0.25) is 5.43 Å². The van der Waals surface area contributed by atoms with Gasteiger partial charge < -0.3 is 10.8 Å². The van der Waals surface area contributed by atoms with Crippen LogP contribution >= 0.6 is 11.6 Å². The maximum absolute atomic E-state index is 9.01. The highest BCUT2D eigenvalue weighted by molar-refractivity contribution is 6.32. The highest BCUT2D eigenvalue weighted by Crippen LogP contribution is 2.23. The average molecular weight is 364 g/mol. The molecule has 2 rings (SSSR count). The third kappa shape index (κ3) is 8.07. The number of aromatic hydroxyl groups is 1. The molecule has 1 unspecified atom stereocenters. The molecule has 2 aromatic rings. The molecule has 1 atom stereocenters. The number of hydrazine groups is 1. The molecule has 0 amide bonds. The first kappa shape index (κ1) is 23.0. The Morgan fingerprint density at radius 3 is 2.36 bits per heavy atom. The lowest BCUT2D eigenvalue weighted by Gasteiger charge is -2.15. The molecular weight excluding hydrogens is 334 g/mol. The van der Waals surface area contributed by atoms with Crippen molar-refractivity contribution in [2.24, 2.45) is 0 Å². The van der Waals surface area contributed by atoms with Gasteiger partial charge in [0.1, 0.15) is 5.75 Å². The molecular formula is C20H30ClN3O. The van der Waals surface area contributed by atoms with Crippen LogP contribution in [0.3, 0.4) is 0 Å². The fourth-order valence-electron chi connectivity index (χ4n) is 1.98. The molecule has 0 aliphatic heterocycles. The van der Waals surface area contributed by atoms with Gasteiger partial charge in [0.15, 0.2) is 0 Å². The van der Waals surface area contributed by atoms with Crippen LogP contribution in [0.4, 0.5) is 5.69 Å². The van der Waals surface area contributed by atoms with Gasteiger partial charge in [0, 0.05) is 5.69 Å². The zero-order valence-electron chi connectivity index (χ0n) is 15.5. The molecule has 0 radical (unpaired) electrons. The fraction of sp³-hybridized carbons (Fsp3) is 0.300. The molecule has 2 aromatic carbocycles. The maximum Gasteiger partial charge on any atom is 0.134 e. The number of phenols is 1. The summed E-state index contributed by atoms with van der Waals surface area (Å²) in [5.74, 6) is 0.152. The lowest BCUT2D eigenvalue weighted by atomic mass is 10.1. The molecule has 0 aliphatic rings. The summed E-state index contributed by atoms with van der Waals surface area (Å²) >= 11 is 5.64. The number of hydrogen-bond acceptors (Lipinski definition) is 4. The van der Waals surface area contributed by atoms with Crippen molar-refractivity contribution < 1.29 is 5.11 Å². The largest absolute Gasteiger partial charge is 0.506 e. The molecule has 4 nitrogen and oxygen atoms in total. The van der Waals surface area contributed by atoms with E-state index in [9.17, 15) is 0 Å². The monoisotopic (exact) mass is 363 g/mol. The SMILES string of the molecule is C=CC(NNC)c1ccccc1N.CC.CCc1ccc(O)c(Cl)c1. The second-order valence-electron chi connectivity index (χ2n) is 4.88.